The predicted octanol–water partition coefficient (Wildman–Crippen LogP) is 3.21. The molecule has 1 N–H and O–H groups in total. The van der Waals surface area contributed by atoms with E-state index in [0.717, 1.165) is 18.7 Å². The molecule has 0 aliphatic carbocycles. The van der Waals surface area contributed by atoms with Gasteiger partial charge in [-0.05, 0) is 38.0 Å². The van der Waals surface area contributed by atoms with E-state index in [1.807, 2.05) is 11.7 Å². The van der Waals surface area contributed by atoms with Crippen molar-refractivity contribution in [3.8, 4) is 0 Å². The molecule has 0 bridgehead atoms. The van der Waals surface area contributed by atoms with Crippen LogP contribution in [0.25, 0.3) is 0 Å². The number of aryl methyl sites for hydroxylation is 4. The Balaban J connectivity index is 2.08. The molecule has 96 valence electrons. The molecule has 0 saturated heterocycles. The summed E-state index contributed by atoms with van der Waals surface area (Å²) in [6.45, 7) is 7.19. The zero-order chi connectivity index (χ0) is 13.1. The lowest BCUT2D eigenvalue weighted by molar-refractivity contribution is 0.707. The van der Waals surface area contributed by atoms with E-state index in [1.54, 1.807) is 0 Å². The molecule has 0 radical (unpaired) electrons. The van der Waals surface area contributed by atoms with Gasteiger partial charge in [-0.1, -0.05) is 24.6 Å². The lowest BCUT2D eigenvalue weighted by Crippen LogP contribution is -2.06. The molecule has 0 fully saturated rings. The molecule has 3 heteroatoms. The fourth-order valence-electron chi connectivity index (χ4n) is 2.11. The fourth-order valence-corrected chi connectivity index (χ4v) is 2.11. The minimum absolute atomic E-state index is 0.813. The quantitative estimate of drug-likeness (QED) is 0.893. The number of nitrogens with zero attached hydrogens (tertiary/aromatic N) is 2. The molecule has 0 spiro atoms. The van der Waals surface area contributed by atoms with Crippen molar-refractivity contribution >= 4 is 5.69 Å². The van der Waals surface area contributed by atoms with Crippen LogP contribution in [0.15, 0.2) is 24.3 Å². The first-order chi connectivity index (χ1) is 8.60. The van der Waals surface area contributed by atoms with E-state index in [2.05, 4.69) is 55.5 Å². The highest BCUT2D eigenvalue weighted by Crippen LogP contribution is 2.17. The lowest BCUT2D eigenvalue weighted by atomic mass is 10.1. The topological polar surface area (TPSA) is 29.9 Å². The molecule has 3 nitrogen and oxygen atoms in total. The van der Waals surface area contributed by atoms with E-state index in [0.29, 0.717) is 0 Å². The van der Waals surface area contributed by atoms with E-state index in [4.69, 9.17) is 0 Å². The van der Waals surface area contributed by atoms with Gasteiger partial charge in [0.1, 0.15) is 0 Å². The smallest absolute Gasteiger partial charge is 0.0625 e. The Morgan fingerprint density at radius 1 is 1.22 bits per heavy atom. The zero-order valence-electron chi connectivity index (χ0n) is 11.6. The zero-order valence-corrected chi connectivity index (χ0v) is 11.6. The van der Waals surface area contributed by atoms with E-state index in [-0.39, 0.29) is 0 Å². The van der Waals surface area contributed by atoms with Crippen LogP contribution in [0.1, 0.15) is 29.4 Å². The van der Waals surface area contributed by atoms with Gasteiger partial charge in [0, 0.05) is 12.7 Å². The molecular formula is C15H21N3. The lowest BCUT2D eigenvalue weighted by Gasteiger charge is -2.10. The summed E-state index contributed by atoms with van der Waals surface area (Å²) in [5.41, 5.74) is 6.14. The van der Waals surface area contributed by atoms with Crippen LogP contribution in [0.2, 0.25) is 0 Å². The first-order valence-corrected chi connectivity index (χ1v) is 6.43. The molecule has 1 heterocycles. The summed E-state index contributed by atoms with van der Waals surface area (Å²) in [4.78, 5) is 0. The van der Waals surface area contributed by atoms with Crippen LogP contribution in [0.3, 0.4) is 0 Å². The molecule has 0 aliphatic rings. The number of hydrogen-bond donors (Lipinski definition) is 1. The van der Waals surface area contributed by atoms with Crippen molar-refractivity contribution < 1.29 is 0 Å². The highest BCUT2D eigenvalue weighted by molar-refractivity contribution is 5.52. The monoisotopic (exact) mass is 243 g/mol. The summed E-state index contributed by atoms with van der Waals surface area (Å²) in [7, 11) is 2.00. The second-order valence-corrected chi connectivity index (χ2v) is 4.78. The standard InChI is InChI=1S/C15H21N3/c1-5-13-9-14(18(4)17-13)10-16-15-7-6-11(2)8-12(15)3/h6-9,16H,5,10H2,1-4H3. The largest absolute Gasteiger partial charge is 0.379 e. The number of benzene rings is 1. The van der Waals surface area contributed by atoms with Crippen molar-refractivity contribution in [2.45, 2.75) is 33.7 Å². The summed E-state index contributed by atoms with van der Waals surface area (Å²) < 4.78 is 1.95. The van der Waals surface area contributed by atoms with Crippen molar-refractivity contribution in [3.63, 3.8) is 0 Å². The van der Waals surface area contributed by atoms with Crippen LogP contribution in [0.5, 0.6) is 0 Å². The van der Waals surface area contributed by atoms with E-state index >= 15 is 0 Å². The summed E-state index contributed by atoms with van der Waals surface area (Å²) >= 11 is 0. The average Bonchev–Trinajstić information content (AvgIpc) is 2.69. The minimum Gasteiger partial charge on any atom is -0.379 e. The first-order valence-electron chi connectivity index (χ1n) is 6.43. The molecular weight excluding hydrogens is 222 g/mol. The van der Waals surface area contributed by atoms with Crippen molar-refractivity contribution in [2.24, 2.45) is 7.05 Å². The maximum Gasteiger partial charge on any atom is 0.0625 e. The Hall–Kier alpha value is -1.77. The summed E-state index contributed by atoms with van der Waals surface area (Å²) in [6, 6.07) is 8.64. The third kappa shape index (κ3) is 2.73. The van der Waals surface area contributed by atoms with Crippen molar-refractivity contribution in [3.05, 3.63) is 46.8 Å². The molecule has 0 atom stereocenters. The molecule has 1 aromatic carbocycles. The van der Waals surface area contributed by atoms with Gasteiger partial charge in [0.05, 0.1) is 17.9 Å². The van der Waals surface area contributed by atoms with Gasteiger partial charge < -0.3 is 5.32 Å². The predicted molar refractivity (Wildman–Crippen MR) is 75.8 cm³/mol. The van der Waals surface area contributed by atoms with Gasteiger partial charge >= 0.3 is 0 Å². The number of hydrogen-bond acceptors (Lipinski definition) is 2. The number of rotatable bonds is 4. The molecule has 0 amide bonds. The SMILES string of the molecule is CCc1cc(CNc2ccc(C)cc2C)n(C)n1. The van der Waals surface area contributed by atoms with Crippen molar-refractivity contribution in [1.29, 1.82) is 0 Å². The molecule has 2 rings (SSSR count). The molecule has 0 saturated carbocycles. The second-order valence-electron chi connectivity index (χ2n) is 4.78. The van der Waals surface area contributed by atoms with Gasteiger partial charge in [-0.25, -0.2) is 0 Å². The van der Waals surface area contributed by atoms with Crippen LogP contribution in [-0.2, 0) is 20.0 Å². The van der Waals surface area contributed by atoms with Gasteiger partial charge in [0.15, 0.2) is 0 Å². The normalized spacial score (nSPS) is 10.7. The van der Waals surface area contributed by atoms with Gasteiger partial charge in [0.25, 0.3) is 0 Å². The number of nitrogens with one attached hydrogen (secondary N) is 1. The van der Waals surface area contributed by atoms with E-state index < -0.39 is 0 Å². The highest BCUT2D eigenvalue weighted by atomic mass is 15.3. The van der Waals surface area contributed by atoms with Crippen molar-refractivity contribution in [2.75, 3.05) is 5.32 Å². The Bertz CT molecular complexity index is 541. The molecule has 2 aromatic rings. The van der Waals surface area contributed by atoms with Crippen molar-refractivity contribution in [1.82, 2.24) is 9.78 Å². The Labute approximate surface area is 109 Å². The number of anilines is 1. The maximum absolute atomic E-state index is 4.45. The molecule has 18 heavy (non-hydrogen) atoms. The van der Waals surface area contributed by atoms with Gasteiger partial charge in [-0.3, -0.25) is 4.68 Å². The third-order valence-electron chi connectivity index (χ3n) is 3.23. The maximum atomic E-state index is 4.45. The average molecular weight is 243 g/mol. The second kappa shape index (κ2) is 5.25. The molecule has 0 unspecified atom stereocenters. The third-order valence-corrected chi connectivity index (χ3v) is 3.23. The summed E-state index contributed by atoms with van der Waals surface area (Å²) in [5, 5.41) is 7.93. The van der Waals surface area contributed by atoms with Crippen LogP contribution >= 0.6 is 0 Å². The van der Waals surface area contributed by atoms with Crippen LogP contribution in [0, 0.1) is 13.8 Å². The van der Waals surface area contributed by atoms with Crippen LogP contribution in [-0.4, -0.2) is 9.78 Å². The summed E-state index contributed by atoms with van der Waals surface area (Å²) in [6.07, 6.45) is 0.984. The Morgan fingerprint density at radius 3 is 2.61 bits per heavy atom. The Morgan fingerprint density at radius 2 is 2.00 bits per heavy atom. The summed E-state index contributed by atoms with van der Waals surface area (Å²) in [5.74, 6) is 0. The first kappa shape index (κ1) is 12.7. The van der Waals surface area contributed by atoms with E-state index in [9.17, 15) is 0 Å². The number of aromatic nitrogens is 2. The molecule has 1 aromatic heterocycles. The van der Waals surface area contributed by atoms with Gasteiger partial charge in [-0.15, -0.1) is 0 Å². The van der Waals surface area contributed by atoms with Gasteiger partial charge in [-0.2, -0.15) is 5.10 Å². The van der Waals surface area contributed by atoms with E-state index in [1.165, 1.54) is 22.5 Å². The molecule has 0 aliphatic heterocycles. The highest BCUT2D eigenvalue weighted by Gasteiger charge is 2.04. The van der Waals surface area contributed by atoms with Gasteiger partial charge in [0.2, 0.25) is 0 Å². The van der Waals surface area contributed by atoms with Crippen LogP contribution < -0.4 is 5.32 Å². The van der Waals surface area contributed by atoms with Crippen LogP contribution in [0.4, 0.5) is 5.69 Å². The Kier molecular flexibility index (Phi) is 3.70. The minimum atomic E-state index is 0.813. The fraction of sp³-hybridized carbons (Fsp3) is 0.400.